The van der Waals surface area contributed by atoms with Gasteiger partial charge in [0.15, 0.2) is 5.78 Å². The van der Waals surface area contributed by atoms with E-state index >= 15 is 0 Å². The summed E-state index contributed by atoms with van der Waals surface area (Å²) in [7, 11) is 0. The van der Waals surface area contributed by atoms with Crippen molar-refractivity contribution in [3.05, 3.63) is 95.9 Å². The van der Waals surface area contributed by atoms with Crippen LogP contribution < -0.4 is 10.6 Å². The third-order valence-corrected chi connectivity index (χ3v) is 6.20. The lowest BCUT2D eigenvalue weighted by molar-refractivity contribution is 0.0911. The van der Waals surface area contributed by atoms with Crippen molar-refractivity contribution in [2.75, 3.05) is 5.84 Å². The molecule has 0 bridgehead atoms. The minimum absolute atomic E-state index is 0.131. The molecule has 5 heteroatoms. The Kier molecular flexibility index (Phi) is 5.25. The predicted octanol–water partition coefficient (Wildman–Crippen LogP) is 5.67. The van der Waals surface area contributed by atoms with Gasteiger partial charge in [0.1, 0.15) is 12.4 Å². The number of pyridine rings is 1. The molecule has 0 saturated heterocycles. The van der Waals surface area contributed by atoms with E-state index in [1.54, 1.807) is 17.1 Å². The number of aromatic nitrogens is 2. The highest BCUT2D eigenvalue weighted by Crippen LogP contribution is 2.45. The summed E-state index contributed by atoms with van der Waals surface area (Å²) in [5.41, 5.74) is 6.12. The van der Waals surface area contributed by atoms with Crippen molar-refractivity contribution < 1.29 is 9.53 Å². The second-order valence-corrected chi connectivity index (χ2v) is 9.39. The first-order chi connectivity index (χ1) is 15.9. The zero-order valence-corrected chi connectivity index (χ0v) is 18.9. The fraction of sp³-hybridized carbons (Fsp3) is 0.214. The van der Waals surface area contributed by atoms with Crippen molar-refractivity contribution in [2.24, 2.45) is 5.41 Å². The fourth-order valence-corrected chi connectivity index (χ4v) is 4.71. The maximum absolute atomic E-state index is 13.4. The minimum atomic E-state index is -0.132. The van der Waals surface area contributed by atoms with E-state index < -0.39 is 0 Å². The molecule has 166 valence electrons. The van der Waals surface area contributed by atoms with Gasteiger partial charge in [0.25, 0.3) is 0 Å². The first kappa shape index (κ1) is 21.0. The molecule has 0 saturated carbocycles. The number of fused-ring (bicyclic) bond motifs is 1. The van der Waals surface area contributed by atoms with E-state index in [1.807, 2.05) is 66.7 Å². The third kappa shape index (κ3) is 4.02. The molecule has 5 nitrogen and oxygen atoms in total. The summed E-state index contributed by atoms with van der Waals surface area (Å²) in [4.78, 5) is 17.5. The summed E-state index contributed by atoms with van der Waals surface area (Å²) in [6.45, 7) is 4.71. The Balaban J connectivity index is 1.63. The van der Waals surface area contributed by atoms with Crippen LogP contribution in [-0.2, 0) is 13.0 Å². The van der Waals surface area contributed by atoms with Gasteiger partial charge in [0.2, 0.25) is 0 Å². The Morgan fingerprint density at radius 3 is 2.45 bits per heavy atom. The van der Waals surface area contributed by atoms with E-state index in [9.17, 15) is 4.79 Å². The van der Waals surface area contributed by atoms with E-state index in [0.29, 0.717) is 13.0 Å². The molecule has 2 aromatic carbocycles. The maximum Gasteiger partial charge on any atom is 0.165 e. The molecular formula is C28H27N3O2. The zero-order chi connectivity index (χ0) is 23.0. The molecule has 1 aliphatic rings. The van der Waals surface area contributed by atoms with Gasteiger partial charge in [-0.15, -0.1) is 0 Å². The number of carbonyl (C=O) groups excluding carboxylic acids is 1. The Hall–Kier alpha value is -3.86. The molecule has 0 atom stereocenters. The lowest BCUT2D eigenvalue weighted by Gasteiger charge is -2.29. The molecule has 5 rings (SSSR count). The molecule has 0 aliphatic heterocycles. The Morgan fingerprint density at radius 2 is 1.70 bits per heavy atom. The molecule has 1 aliphatic carbocycles. The van der Waals surface area contributed by atoms with Crippen LogP contribution >= 0.6 is 0 Å². The normalized spacial score (nSPS) is 14.7. The predicted molar refractivity (Wildman–Crippen MR) is 130 cm³/mol. The quantitative estimate of drug-likeness (QED) is 0.409. The van der Waals surface area contributed by atoms with E-state index in [4.69, 9.17) is 10.6 Å². The van der Waals surface area contributed by atoms with Crippen molar-refractivity contribution in [1.82, 2.24) is 9.66 Å². The molecule has 33 heavy (non-hydrogen) atoms. The number of ketones is 1. The van der Waals surface area contributed by atoms with Gasteiger partial charge < -0.3 is 10.6 Å². The first-order valence-corrected chi connectivity index (χ1v) is 11.2. The lowest BCUT2D eigenvalue weighted by atomic mass is 9.75. The van der Waals surface area contributed by atoms with Crippen molar-refractivity contribution in [3.63, 3.8) is 0 Å². The van der Waals surface area contributed by atoms with Crippen molar-refractivity contribution >= 4 is 5.78 Å². The molecule has 0 unspecified atom stereocenters. The number of hydrogen-bond donors (Lipinski definition) is 1. The van der Waals surface area contributed by atoms with Crippen LogP contribution in [0.2, 0.25) is 0 Å². The van der Waals surface area contributed by atoms with Crippen LogP contribution in [0, 0.1) is 5.41 Å². The number of nitrogen functional groups attached to an aromatic ring is 1. The third-order valence-electron chi connectivity index (χ3n) is 6.20. The highest BCUT2D eigenvalue weighted by Gasteiger charge is 2.38. The fourth-order valence-electron chi connectivity index (χ4n) is 4.71. The molecular weight excluding hydrogens is 410 g/mol. The van der Waals surface area contributed by atoms with Gasteiger partial charge in [-0.05, 0) is 47.2 Å². The molecule has 0 radical (unpaired) electrons. The summed E-state index contributed by atoms with van der Waals surface area (Å²) >= 11 is 0. The van der Waals surface area contributed by atoms with Crippen LogP contribution in [0.5, 0.6) is 5.75 Å². The van der Waals surface area contributed by atoms with Gasteiger partial charge in [-0.2, -0.15) is 0 Å². The summed E-state index contributed by atoms with van der Waals surface area (Å²) in [6, 6.07) is 21.8. The van der Waals surface area contributed by atoms with E-state index in [1.165, 1.54) is 0 Å². The number of benzene rings is 2. The van der Waals surface area contributed by atoms with E-state index in [0.717, 1.165) is 51.4 Å². The SMILES string of the molecule is CC1(C)CC(=O)c2c(-c3cccc(OCc4ccccc4)c3)c(-c3ccncc3)n(N)c2C1. The van der Waals surface area contributed by atoms with Gasteiger partial charge in [0, 0.05) is 35.5 Å². The Labute approximate surface area is 193 Å². The van der Waals surface area contributed by atoms with Crippen LogP contribution in [0.25, 0.3) is 22.4 Å². The smallest absolute Gasteiger partial charge is 0.165 e. The number of Topliss-reactive ketones (excluding diaryl/α,β-unsaturated/α-hetero) is 1. The van der Waals surface area contributed by atoms with Crippen molar-refractivity contribution in [1.29, 1.82) is 0 Å². The monoisotopic (exact) mass is 437 g/mol. The second kappa shape index (κ2) is 8.24. The van der Waals surface area contributed by atoms with Crippen LogP contribution in [0.3, 0.4) is 0 Å². The minimum Gasteiger partial charge on any atom is -0.489 e. The van der Waals surface area contributed by atoms with Crippen LogP contribution in [0.1, 0.15) is 41.9 Å². The number of hydrogen-bond acceptors (Lipinski definition) is 4. The average molecular weight is 438 g/mol. The van der Waals surface area contributed by atoms with E-state index in [2.05, 4.69) is 18.8 Å². The highest BCUT2D eigenvalue weighted by atomic mass is 16.5. The Morgan fingerprint density at radius 1 is 0.939 bits per heavy atom. The Bertz CT molecular complexity index is 1310. The molecule has 2 aromatic heterocycles. The molecule has 2 N–H and O–H groups in total. The van der Waals surface area contributed by atoms with Gasteiger partial charge in [-0.3, -0.25) is 14.5 Å². The largest absolute Gasteiger partial charge is 0.489 e. The van der Waals surface area contributed by atoms with Gasteiger partial charge >= 0.3 is 0 Å². The molecule has 4 aromatic rings. The zero-order valence-electron chi connectivity index (χ0n) is 18.9. The summed E-state index contributed by atoms with van der Waals surface area (Å²) in [6.07, 6.45) is 4.73. The molecule has 0 amide bonds. The average Bonchev–Trinajstić information content (AvgIpc) is 3.11. The van der Waals surface area contributed by atoms with E-state index in [-0.39, 0.29) is 11.2 Å². The van der Waals surface area contributed by atoms with Crippen molar-refractivity contribution in [2.45, 2.75) is 33.3 Å². The topological polar surface area (TPSA) is 70.1 Å². The van der Waals surface area contributed by atoms with Crippen LogP contribution in [0.15, 0.2) is 79.1 Å². The second-order valence-electron chi connectivity index (χ2n) is 9.39. The standard InChI is InChI=1S/C28H27N3O2/c1-28(2)16-23-26(24(32)17-28)25(27(31(23)29)20-11-13-30-14-12-20)21-9-6-10-22(15-21)33-18-19-7-4-3-5-8-19/h3-15H,16-18,29H2,1-2H3. The highest BCUT2D eigenvalue weighted by molar-refractivity contribution is 6.08. The van der Waals surface area contributed by atoms with Gasteiger partial charge in [0.05, 0.1) is 11.4 Å². The van der Waals surface area contributed by atoms with Gasteiger partial charge in [-0.25, -0.2) is 0 Å². The lowest BCUT2D eigenvalue weighted by Crippen LogP contribution is -2.29. The molecule has 0 spiro atoms. The number of nitrogens with two attached hydrogens (primary N) is 1. The summed E-state index contributed by atoms with van der Waals surface area (Å²) in [5, 5.41) is 0. The van der Waals surface area contributed by atoms with Crippen LogP contribution in [0.4, 0.5) is 0 Å². The summed E-state index contributed by atoms with van der Waals surface area (Å²) in [5.74, 6) is 7.54. The van der Waals surface area contributed by atoms with Crippen LogP contribution in [-0.4, -0.2) is 15.4 Å². The number of rotatable bonds is 5. The molecule has 2 heterocycles. The van der Waals surface area contributed by atoms with Gasteiger partial charge in [-0.1, -0.05) is 56.3 Å². The number of nitrogens with zero attached hydrogens (tertiary/aromatic N) is 2. The summed E-state index contributed by atoms with van der Waals surface area (Å²) < 4.78 is 7.78. The maximum atomic E-state index is 13.4. The molecule has 0 fully saturated rings. The first-order valence-electron chi connectivity index (χ1n) is 11.2. The number of carbonyl (C=O) groups is 1. The number of ether oxygens (including phenoxy) is 1. The van der Waals surface area contributed by atoms with Crippen molar-refractivity contribution in [3.8, 4) is 28.1 Å².